The van der Waals surface area contributed by atoms with E-state index in [1.54, 1.807) is 6.07 Å². The molecule has 1 aromatic carbocycles. The normalized spacial score (nSPS) is 11.5. The van der Waals surface area contributed by atoms with Crippen LogP contribution in [0.15, 0.2) is 30.5 Å². The van der Waals surface area contributed by atoms with Crippen LogP contribution in [0.5, 0.6) is 0 Å². The fourth-order valence-corrected chi connectivity index (χ4v) is 2.15. The lowest BCUT2D eigenvalue weighted by atomic mass is 10.1. The number of pyridine rings is 1. The Morgan fingerprint density at radius 2 is 2.18 bits per heavy atom. The van der Waals surface area contributed by atoms with Crippen molar-refractivity contribution in [3.63, 3.8) is 0 Å². The molecule has 0 aliphatic rings. The van der Waals surface area contributed by atoms with E-state index in [9.17, 15) is 4.39 Å². The molecule has 0 amide bonds. The van der Waals surface area contributed by atoms with Gasteiger partial charge < -0.3 is 5.73 Å². The van der Waals surface area contributed by atoms with Gasteiger partial charge in [0.2, 0.25) is 0 Å². The van der Waals surface area contributed by atoms with Gasteiger partial charge in [0.05, 0.1) is 11.2 Å². The number of halogens is 1. The fourth-order valence-electron chi connectivity index (χ4n) is 2.15. The first-order valence-electron chi connectivity index (χ1n) is 5.46. The first kappa shape index (κ1) is 10.2. The number of rotatable bonds is 1. The van der Waals surface area contributed by atoms with E-state index in [0.717, 1.165) is 27.8 Å². The van der Waals surface area contributed by atoms with Crippen molar-refractivity contribution in [3.8, 4) is 0 Å². The van der Waals surface area contributed by atoms with E-state index in [0.29, 0.717) is 6.54 Å². The van der Waals surface area contributed by atoms with E-state index in [4.69, 9.17) is 5.73 Å². The second kappa shape index (κ2) is 3.53. The van der Waals surface area contributed by atoms with Crippen molar-refractivity contribution in [2.24, 2.45) is 5.73 Å². The Labute approximate surface area is 97.7 Å². The average Bonchev–Trinajstić information content (AvgIpc) is 2.72. The van der Waals surface area contributed by atoms with Crippen molar-refractivity contribution in [2.45, 2.75) is 13.5 Å². The molecule has 3 rings (SSSR count). The van der Waals surface area contributed by atoms with Crippen LogP contribution in [0.2, 0.25) is 0 Å². The minimum atomic E-state index is -0.243. The zero-order chi connectivity index (χ0) is 12.0. The first-order valence-corrected chi connectivity index (χ1v) is 5.46. The highest BCUT2D eigenvalue weighted by atomic mass is 19.1. The lowest BCUT2D eigenvalue weighted by Crippen LogP contribution is -1.95. The van der Waals surface area contributed by atoms with Gasteiger partial charge in [0, 0.05) is 18.1 Å². The summed E-state index contributed by atoms with van der Waals surface area (Å²) in [7, 11) is 0. The second-order valence-corrected chi connectivity index (χ2v) is 4.15. The minimum Gasteiger partial charge on any atom is -0.325 e. The molecule has 0 fully saturated rings. The van der Waals surface area contributed by atoms with Gasteiger partial charge in [-0.15, -0.1) is 0 Å². The zero-order valence-electron chi connectivity index (χ0n) is 9.44. The maximum Gasteiger partial charge on any atom is 0.137 e. The number of aromatic nitrogens is 2. The summed E-state index contributed by atoms with van der Waals surface area (Å²) in [4.78, 5) is 4.39. The molecule has 17 heavy (non-hydrogen) atoms. The van der Waals surface area contributed by atoms with Crippen LogP contribution in [-0.4, -0.2) is 9.38 Å². The largest absolute Gasteiger partial charge is 0.325 e. The third-order valence-corrected chi connectivity index (χ3v) is 2.98. The molecule has 2 N–H and O–H groups in total. The maximum atomic E-state index is 13.3. The van der Waals surface area contributed by atoms with Gasteiger partial charge in [-0.3, -0.25) is 4.40 Å². The molecule has 0 saturated heterocycles. The second-order valence-electron chi connectivity index (χ2n) is 4.15. The molecule has 0 radical (unpaired) electrons. The molecule has 0 spiro atoms. The highest BCUT2D eigenvalue weighted by Gasteiger charge is 2.07. The topological polar surface area (TPSA) is 43.3 Å². The lowest BCUT2D eigenvalue weighted by Gasteiger charge is -2.05. The molecule has 0 unspecified atom stereocenters. The molecule has 2 aromatic heterocycles. The summed E-state index contributed by atoms with van der Waals surface area (Å²) in [6.45, 7) is 2.38. The molecule has 0 atom stereocenters. The predicted molar refractivity (Wildman–Crippen MR) is 65.3 cm³/mol. The summed E-state index contributed by atoms with van der Waals surface area (Å²) >= 11 is 0. The van der Waals surface area contributed by atoms with Gasteiger partial charge in [-0.05, 0) is 36.8 Å². The molecule has 3 aromatic rings. The number of nitrogens with zero attached hydrogens (tertiary/aromatic N) is 2. The van der Waals surface area contributed by atoms with Gasteiger partial charge in [-0.25, -0.2) is 9.37 Å². The van der Waals surface area contributed by atoms with E-state index >= 15 is 0 Å². The molecule has 0 aliphatic carbocycles. The fraction of sp³-hybridized carbons (Fsp3) is 0.154. The zero-order valence-corrected chi connectivity index (χ0v) is 9.44. The number of aryl methyl sites for hydroxylation is 1. The highest BCUT2D eigenvalue weighted by molar-refractivity contribution is 5.85. The summed E-state index contributed by atoms with van der Waals surface area (Å²) in [5, 5.41) is 1.03. The molecule has 0 aliphatic heterocycles. The molecule has 2 heterocycles. The van der Waals surface area contributed by atoms with E-state index in [-0.39, 0.29) is 5.82 Å². The molecule has 4 heteroatoms. The Morgan fingerprint density at radius 3 is 2.94 bits per heavy atom. The Hall–Kier alpha value is -1.94. The van der Waals surface area contributed by atoms with Gasteiger partial charge in [-0.1, -0.05) is 0 Å². The number of nitrogens with two attached hydrogens (primary N) is 1. The third-order valence-electron chi connectivity index (χ3n) is 2.98. The Bertz CT molecular complexity index is 715. The van der Waals surface area contributed by atoms with Crippen molar-refractivity contribution < 1.29 is 4.39 Å². The Morgan fingerprint density at radius 1 is 1.35 bits per heavy atom. The molecule has 0 bridgehead atoms. The minimum absolute atomic E-state index is 0.243. The third kappa shape index (κ3) is 1.49. The smallest absolute Gasteiger partial charge is 0.137 e. The number of fused-ring (bicyclic) bond motifs is 3. The molecule has 3 nitrogen and oxygen atoms in total. The van der Waals surface area contributed by atoms with Crippen LogP contribution in [0.1, 0.15) is 11.3 Å². The number of hydrogen-bond acceptors (Lipinski definition) is 2. The summed E-state index contributed by atoms with van der Waals surface area (Å²) in [6.07, 6.45) is 1.86. The van der Waals surface area contributed by atoms with Crippen LogP contribution in [0.4, 0.5) is 4.39 Å². The average molecular weight is 229 g/mol. The van der Waals surface area contributed by atoms with Crippen molar-refractivity contribution in [1.29, 1.82) is 0 Å². The summed E-state index contributed by atoms with van der Waals surface area (Å²) < 4.78 is 15.2. The van der Waals surface area contributed by atoms with Crippen molar-refractivity contribution >= 4 is 16.6 Å². The maximum absolute atomic E-state index is 13.3. The van der Waals surface area contributed by atoms with Gasteiger partial charge in [0.15, 0.2) is 0 Å². The summed E-state index contributed by atoms with van der Waals surface area (Å²) in [5.74, 6) is -0.243. The van der Waals surface area contributed by atoms with E-state index in [2.05, 4.69) is 4.98 Å². The monoisotopic (exact) mass is 229 g/mol. The van der Waals surface area contributed by atoms with Gasteiger partial charge >= 0.3 is 0 Å². The van der Waals surface area contributed by atoms with Gasteiger partial charge in [0.1, 0.15) is 11.5 Å². The number of benzene rings is 1. The van der Waals surface area contributed by atoms with Crippen molar-refractivity contribution in [1.82, 2.24) is 9.38 Å². The van der Waals surface area contributed by atoms with E-state index < -0.39 is 0 Å². The molecule has 0 saturated carbocycles. The molecular weight excluding hydrogens is 217 g/mol. The Balaban J connectivity index is 2.51. The SMILES string of the molecule is Cc1cc2nc(CN)cn2c2cc(F)ccc12. The van der Waals surface area contributed by atoms with Crippen LogP contribution in [-0.2, 0) is 6.54 Å². The quantitative estimate of drug-likeness (QED) is 0.696. The number of hydrogen-bond donors (Lipinski definition) is 1. The van der Waals surface area contributed by atoms with E-state index in [1.165, 1.54) is 12.1 Å². The van der Waals surface area contributed by atoms with E-state index in [1.807, 2.05) is 23.6 Å². The van der Waals surface area contributed by atoms with Crippen LogP contribution < -0.4 is 5.73 Å². The predicted octanol–water partition coefficient (Wildman–Crippen LogP) is 2.39. The van der Waals surface area contributed by atoms with Crippen LogP contribution in [0.3, 0.4) is 0 Å². The first-order chi connectivity index (χ1) is 8.19. The Kier molecular flexibility index (Phi) is 2.12. The molecular formula is C13H12FN3. The summed E-state index contributed by atoms with van der Waals surface area (Å²) in [6, 6.07) is 6.78. The van der Waals surface area contributed by atoms with Crippen LogP contribution in [0.25, 0.3) is 16.6 Å². The highest BCUT2D eigenvalue weighted by Crippen LogP contribution is 2.22. The lowest BCUT2D eigenvalue weighted by molar-refractivity contribution is 0.629. The number of imidazole rings is 1. The standard InChI is InChI=1S/C13H12FN3/c1-8-4-13-16-10(6-15)7-17(13)12-5-9(14)2-3-11(8)12/h2-5,7H,6,15H2,1H3. The molecule has 86 valence electrons. The van der Waals surface area contributed by atoms with Crippen molar-refractivity contribution in [2.75, 3.05) is 0 Å². The van der Waals surface area contributed by atoms with Gasteiger partial charge in [-0.2, -0.15) is 0 Å². The van der Waals surface area contributed by atoms with Crippen molar-refractivity contribution in [3.05, 3.63) is 47.5 Å². The van der Waals surface area contributed by atoms with Crippen LogP contribution >= 0.6 is 0 Å². The van der Waals surface area contributed by atoms with Gasteiger partial charge in [0.25, 0.3) is 0 Å². The summed E-state index contributed by atoms with van der Waals surface area (Å²) in [5.41, 5.74) is 9.10. The van der Waals surface area contributed by atoms with Crippen LogP contribution in [0, 0.1) is 12.7 Å².